The second-order valence-electron chi connectivity index (χ2n) is 4.44. The third-order valence-electron chi connectivity index (χ3n) is 1.71. The highest BCUT2D eigenvalue weighted by Crippen LogP contribution is 2.19. The van der Waals surface area contributed by atoms with Crippen LogP contribution in [-0.2, 0) is 11.3 Å². The number of aromatic nitrogens is 1. The van der Waals surface area contributed by atoms with Gasteiger partial charge in [0.15, 0.2) is 0 Å². The molecular formula is C11H15ClN2O3. The molecule has 0 aliphatic heterocycles. The summed E-state index contributed by atoms with van der Waals surface area (Å²) in [5.74, 6) is 0. The third kappa shape index (κ3) is 4.58. The van der Waals surface area contributed by atoms with E-state index in [1.807, 2.05) is 0 Å². The molecule has 1 heterocycles. The maximum absolute atomic E-state index is 11.4. The number of hydrogen-bond donors (Lipinski definition) is 2. The van der Waals surface area contributed by atoms with Crippen molar-refractivity contribution in [1.82, 2.24) is 4.98 Å². The molecule has 0 fully saturated rings. The number of amides is 1. The average Bonchev–Trinajstić information content (AvgIpc) is 2.14. The summed E-state index contributed by atoms with van der Waals surface area (Å²) in [5, 5.41) is 11.7. The summed E-state index contributed by atoms with van der Waals surface area (Å²) in [4.78, 5) is 15.3. The van der Waals surface area contributed by atoms with E-state index in [9.17, 15) is 4.79 Å². The fraction of sp³-hybridized carbons (Fsp3) is 0.455. The number of anilines is 1. The van der Waals surface area contributed by atoms with Crippen LogP contribution in [0.5, 0.6) is 0 Å². The maximum atomic E-state index is 11.4. The number of aliphatic hydroxyl groups excluding tert-OH is 1. The standard InChI is InChI=1S/C11H15ClN2O3/c1-11(2,3)17-10(16)14-7-4-8(12)9(6-15)13-5-7/h4-5,15H,6H2,1-3H3,(H,14,16). The topological polar surface area (TPSA) is 71.5 Å². The van der Waals surface area contributed by atoms with Crippen molar-refractivity contribution in [2.75, 3.05) is 5.32 Å². The molecule has 1 rings (SSSR count). The smallest absolute Gasteiger partial charge is 0.412 e. The molecular weight excluding hydrogens is 244 g/mol. The van der Waals surface area contributed by atoms with Gasteiger partial charge in [0.1, 0.15) is 5.60 Å². The van der Waals surface area contributed by atoms with Crippen molar-refractivity contribution >= 4 is 23.4 Å². The number of nitrogens with zero attached hydrogens (tertiary/aromatic N) is 1. The molecule has 0 radical (unpaired) electrons. The van der Waals surface area contributed by atoms with E-state index in [-0.39, 0.29) is 6.61 Å². The van der Waals surface area contributed by atoms with Crippen molar-refractivity contribution in [3.8, 4) is 0 Å². The number of aliphatic hydroxyl groups is 1. The highest BCUT2D eigenvalue weighted by atomic mass is 35.5. The minimum Gasteiger partial charge on any atom is -0.444 e. The Morgan fingerprint density at radius 3 is 2.71 bits per heavy atom. The van der Waals surface area contributed by atoms with Crippen LogP contribution in [0.15, 0.2) is 12.3 Å². The average molecular weight is 259 g/mol. The van der Waals surface area contributed by atoms with Crippen molar-refractivity contribution in [1.29, 1.82) is 0 Å². The van der Waals surface area contributed by atoms with Crippen LogP contribution in [0, 0.1) is 0 Å². The zero-order valence-corrected chi connectivity index (χ0v) is 10.7. The summed E-state index contributed by atoms with van der Waals surface area (Å²) >= 11 is 5.83. The highest BCUT2D eigenvalue weighted by Gasteiger charge is 2.16. The van der Waals surface area contributed by atoms with Crippen LogP contribution in [0.2, 0.25) is 5.02 Å². The second-order valence-corrected chi connectivity index (χ2v) is 4.84. The lowest BCUT2D eigenvalue weighted by Gasteiger charge is -2.19. The van der Waals surface area contributed by atoms with E-state index in [1.54, 1.807) is 20.8 Å². The minimum absolute atomic E-state index is 0.244. The van der Waals surface area contributed by atoms with Gasteiger partial charge in [-0.2, -0.15) is 0 Å². The Hall–Kier alpha value is -1.33. The predicted molar refractivity (Wildman–Crippen MR) is 65.0 cm³/mol. The molecule has 1 aromatic rings. The quantitative estimate of drug-likeness (QED) is 0.855. The molecule has 17 heavy (non-hydrogen) atoms. The molecule has 0 unspecified atom stereocenters. The molecule has 6 heteroatoms. The highest BCUT2D eigenvalue weighted by molar-refractivity contribution is 6.31. The van der Waals surface area contributed by atoms with Crippen molar-refractivity contribution in [3.63, 3.8) is 0 Å². The Morgan fingerprint density at radius 2 is 2.24 bits per heavy atom. The molecule has 0 aliphatic carbocycles. The van der Waals surface area contributed by atoms with Gasteiger partial charge in [0.25, 0.3) is 0 Å². The molecule has 0 saturated carbocycles. The molecule has 1 amide bonds. The van der Waals surface area contributed by atoms with Crippen molar-refractivity contribution in [2.24, 2.45) is 0 Å². The number of nitrogens with one attached hydrogen (secondary N) is 1. The number of ether oxygens (including phenoxy) is 1. The molecule has 94 valence electrons. The van der Waals surface area contributed by atoms with E-state index in [0.29, 0.717) is 16.4 Å². The van der Waals surface area contributed by atoms with E-state index >= 15 is 0 Å². The van der Waals surface area contributed by atoms with Gasteiger partial charge in [-0.05, 0) is 26.8 Å². The van der Waals surface area contributed by atoms with E-state index in [0.717, 1.165) is 0 Å². The lowest BCUT2D eigenvalue weighted by atomic mass is 10.2. The lowest BCUT2D eigenvalue weighted by molar-refractivity contribution is 0.0636. The number of halogens is 1. The molecule has 0 saturated heterocycles. The first-order valence-electron chi connectivity index (χ1n) is 5.07. The molecule has 0 spiro atoms. The monoisotopic (exact) mass is 258 g/mol. The van der Waals surface area contributed by atoms with Crippen molar-refractivity contribution in [3.05, 3.63) is 23.0 Å². The van der Waals surface area contributed by atoms with Gasteiger partial charge in [0.2, 0.25) is 0 Å². The first-order chi connectivity index (χ1) is 7.81. The van der Waals surface area contributed by atoms with Crippen LogP contribution in [0.4, 0.5) is 10.5 Å². The Kier molecular flexibility index (Phi) is 4.31. The van der Waals surface area contributed by atoms with Crippen LogP contribution in [-0.4, -0.2) is 21.8 Å². The molecule has 2 N–H and O–H groups in total. The lowest BCUT2D eigenvalue weighted by Crippen LogP contribution is -2.27. The van der Waals surface area contributed by atoms with Gasteiger partial charge in [0.05, 0.1) is 29.2 Å². The van der Waals surface area contributed by atoms with Crippen LogP contribution in [0.25, 0.3) is 0 Å². The van der Waals surface area contributed by atoms with Crippen LogP contribution in [0.3, 0.4) is 0 Å². The summed E-state index contributed by atoms with van der Waals surface area (Å²) < 4.78 is 5.07. The molecule has 5 nitrogen and oxygen atoms in total. The zero-order chi connectivity index (χ0) is 13.1. The van der Waals surface area contributed by atoms with Crippen LogP contribution >= 0.6 is 11.6 Å². The zero-order valence-electron chi connectivity index (χ0n) is 9.95. The van der Waals surface area contributed by atoms with E-state index in [1.165, 1.54) is 12.3 Å². The first-order valence-corrected chi connectivity index (χ1v) is 5.45. The molecule has 0 bridgehead atoms. The van der Waals surface area contributed by atoms with Gasteiger partial charge in [0, 0.05) is 0 Å². The Labute approximate surface area is 105 Å². The van der Waals surface area contributed by atoms with Gasteiger partial charge in [-0.15, -0.1) is 0 Å². The second kappa shape index (κ2) is 5.33. The van der Waals surface area contributed by atoms with E-state index in [2.05, 4.69) is 10.3 Å². The fourth-order valence-corrected chi connectivity index (χ4v) is 1.30. The van der Waals surface area contributed by atoms with Crippen LogP contribution < -0.4 is 5.32 Å². The van der Waals surface area contributed by atoms with Crippen LogP contribution in [0.1, 0.15) is 26.5 Å². The SMILES string of the molecule is CC(C)(C)OC(=O)Nc1cnc(CO)c(Cl)c1. The fourth-order valence-electron chi connectivity index (χ4n) is 1.07. The number of hydrogen-bond acceptors (Lipinski definition) is 4. The van der Waals surface area contributed by atoms with E-state index < -0.39 is 11.7 Å². The first kappa shape index (κ1) is 13.7. The summed E-state index contributed by atoms with van der Waals surface area (Å²) in [6.07, 6.45) is 0.827. The maximum Gasteiger partial charge on any atom is 0.412 e. The van der Waals surface area contributed by atoms with Crippen molar-refractivity contribution in [2.45, 2.75) is 33.0 Å². The summed E-state index contributed by atoms with van der Waals surface area (Å²) in [5.41, 5.74) is 0.217. The van der Waals surface area contributed by atoms with Gasteiger partial charge in [-0.1, -0.05) is 11.6 Å². The molecule has 0 atom stereocenters. The number of carbonyl (C=O) groups excluding carboxylic acids is 1. The van der Waals surface area contributed by atoms with Gasteiger partial charge < -0.3 is 9.84 Å². The van der Waals surface area contributed by atoms with Gasteiger partial charge in [-0.25, -0.2) is 4.79 Å². The van der Waals surface area contributed by atoms with Gasteiger partial charge >= 0.3 is 6.09 Å². The Morgan fingerprint density at radius 1 is 1.59 bits per heavy atom. The summed E-state index contributed by atoms with van der Waals surface area (Å²) in [6.45, 7) is 5.07. The molecule has 0 aromatic carbocycles. The number of rotatable bonds is 2. The molecule has 1 aromatic heterocycles. The molecule has 0 aliphatic rings. The third-order valence-corrected chi connectivity index (χ3v) is 2.04. The largest absolute Gasteiger partial charge is 0.444 e. The normalized spacial score (nSPS) is 11.1. The summed E-state index contributed by atoms with van der Waals surface area (Å²) in [7, 11) is 0. The van der Waals surface area contributed by atoms with Gasteiger partial charge in [-0.3, -0.25) is 10.3 Å². The minimum atomic E-state index is -0.577. The predicted octanol–water partition coefficient (Wildman–Crippen LogP) is 2.57. The summed E-state index contributed by atoms with van der Waals surface area (Å²) in [6, 6.07) is 1.50. The van der Waals surface area contributed by atoms with E-state index in [4.69, 9.17) is 21.4 Å². The van der Waals surface area contributed by atoms with Crippen molar-refractivity contribution < 1.29 is 14.6 Å². The Balaban J connectivity index is 2.69. The Bertz CT molecular complexity index is 416. The number of pyridine rings is 1. The number of carbonyl (C=O) groups is 1.